The van der Waals surface area contributed by atoms with Crippen LogP contribution < -0.4 is 0 Å². The molecular formula is C28H33NO5. The molecule has 2 heterocycles. The van der Waals surface area contributed by atoms with Crippen LogP contribution in [0.2, 0.25) is 0 Å². The Morgan fingerprint density at radius 1 is 1.00 bits per heavy atom. The van der Waals surface area contributed by atoms with Crippen molar-refractivity contribution in [3.8, 4) is 0 Å². The Morgan fingerprint density at radius 2 is 1.74 bits per heavy atom. The summed E-state index contributed by atoms with van der Waals surface area (Å²) in [6.45, 7) is 3.19. The fourth-order valence-corrected chi connectivity index (χ4v) is 4.25. The first-order chi connectivity index (χ1) is 16.7. The molecule has 6 heteroatoms. The average molecular weight is 464 g/mol. The summed E-state index contributed by atoms with van der Waals surface area (Å²) in [6, 6.07) is 23.1. The maximum absolute atomic E-state index is 13.7. The highest BCUT2D eigenvalue weighted by atomic mass is 16.6. The zero-order valence-electron chi connectivity index (χ0n) is 19.7. The van der Waals surface area contributed by atoms with E-state index in [-0.39, 0.29) is 6.10 Å². The van der Waals surface area contributed by atoms with Gasteiger partial charge in [-0.1, -0.05) is 60.7 Å². The van der Waals surface area contributed by atoms with Crippen molar-refractivity contribution in [1.29, 1.82) is 0 Å². The molecule has 0 N–H and O–H groups in total. The fraction of sp³-hybridized carbons (Fsp3) is 0.393. The first-order valence-electron chi connectivity index (χ1n) is 11.9. The Balaban J connectivity index is 1.42. The number of hydrogen-bond acceptors (Lipinski definition) is 6. The fourth-order valence-electron chi connectivity index (χ4n) is 4.25. The van der Waals surface area contributed by atoms with Gasteiger partial charge in [-0.15, -0.1) is 0 Å². The Kier molecular flexibility index (Phi) is 8.52. The van der Waals surface area contributed by atoms with Gasteiger partial charge in [-0.2, -0.15) is 0 Å². The first kappa shape index (κ1) is 24.2. The lowest BCUT2D eigenvalue weighted by Gasteiger charge is -2.31. The molecule has 6 nitrogen and oxygen atoms in total. The van der Waals surface area contributed by atoms with E-state index in [0.717, 1.165) is 31.4 Å². The Hall–Kier alpha value is -2.93. The predicted octanol–water partition coefficient (Wildman–Crippen LogP) is 4.78. The highest BCUT2D eigenvalue weighted by molar-refractivity contribution is 5.85. The highest BCUT2D eigenvalue weighted by Crippen LogP contribution is 2.37. The highest BCUT2D eigenvalue weighted by Gasteiger charge is 2.49. The van der Waals surface area contributed by atoms with Crippen molar-refractivity contribution < 1.29 is 23.4 Å². The topological polar surface area (TPSA) is 61.1 Å². The van der Waals surface area contributed by atoms with Gasteiger partial charge >= 0.3 is 5.97 Å². The molecule has 2 aromatic carbocycles. The second-order valence-corrected chi connectivity index (χ2v) is 8.70. The van der Waals surface area contributed by atoms with Crippen LogP contribution in [-0.4, -0.2) is 50.3 Å². The summed E-state index contributed by atoms with van der Waals surface area (Å²) in [4.78, 5) is 15.9. The van der Waals surface area contributed by atoms with Crippen LogP contribution >= 0.6 is 0 Å². The summed E-state index contributed by atoms with van der Waals surface area (Å²) >= 11 is 0. The summed E-state index contributed by atoms with van der Waals surface area (Å²) in [6.07, 6.45) is 3.77. The number of carbonyl (C=O) groups excluding carboxylic acids is 1. The van der Waals surface area contributed by atoms with E-state index in [0.29, 0.717) is 37.7 Å². The number of unbranched alkanes of at least 4 members (excludes halogenated alkanes) is 1. The van der Waals surface area contributed by atoms with Crippen LogP contribution in [-0.2, 0) is 31.2 Å². The average Bonchev–Trinajstić information content (AvgIpc) is 3.54. The number of ether oxygens (including phenoxy) is 3. The van der Waals surface area contributed by atoms with Crippen LogP contribution in [0, 0.1) is 0 Å². The molecule has 4 rings (SSSR count). The van der Waals surface area contributed by atoms with E-state index in [1.807, 2.05) is 55.6 Å². The first-order valence-corrected chi connectivity index (χ1v) is 11.9. The maximum Gasteiger partial charge on any atom is 0.351 e. The molecule has 1 aromatic heterocycles. The second kappa shape index (κ2) is 12.0. The minimum Gasteiger partial charge on any atom is -0.465 e. The molecule has 0 bridgehead atoms. The third-order valence-electron chi connectivity index (χ3n) is 6.07. The molecule has 1 aliphatic rings. The number of nitrogens with zero attached hydrogens (tertiary/aromatic N) is 1. The molecule has 1 saturated heterocycles. The monoisotopic (exact) mass is 463 g/mol. The van der Waals surface area contributed by atoms with Gasteiger partial charge in [0.05, 0.1) is 12.9 Å². The molecule has 2 unspecified atom stereocenters. The number of benzene rings is 2. The van der Waals surface area contributed by atoms with Crippen molar-refractivity contribution in [3.63, 3.8) is 0 Å². The quantitative estimate of drug-likeness (QED) is 0.284. The van der Waals surface area contributed by atoms with E-state index in [2.05, 4.69) is 17.0 Å². The van der Waals surface area contributed by atoms with E-state index in [9.17, 15) is 4.79 Å². The standard InChI is InChI=1S/C28H33NO5/c1-29-17-16-25(21-29)34-27(30)28(26-15-10-19-32-26,24-13-6-3-7-14-24)33-20-9-8-18-31-22-23-11-4-2-5-12-23/h2-7,10-15,19,25H,8-9,16-18,20-22H2,1H3. The van der Waals surface area contributed by atoms with E-state index < -0.39 is 11.6 Å². The Morgan fingerprint density at radius 3 is 2.41 bits per heavy atom. The van der Waals surface area contributed by atoms with E-state index in [1.54, 1.807) is 18.4 Å². The number of likely N-dealkylation sites (tertiary alicyclic amines) is 1. The van der Waals surface area contributed by atoms with Crippen molar-refractivity contribution in [1.82, 2.24) is 4.90 Å². The van der Waals surface area contributed by atoms with Gasteiger partial charge in [0.2, 0.25) is 5.60 Å². The van der Waals surface area contributed by atoms with Gasteiger partial charge < -0.3 is 23.5 Å². The molecule has 2 atom stereocenters. The predicted molar refractivity (Wildman–Crippen MR) is 129 cm³/mol. The summed E-state index contributed by atoms with van der Waals surface area (Å²) in [5.41, 5.74) is 0.401. The Bertz CT molecular complexity index is 992. The molecule has 0 amide bonds. The SMILES string of the molecule is CN1CCC(OC(=O)C(OCCCCOCc2ccccc2)(c2ccccc2)c2ccco2)C1. The molecule has 0 saturated carbocycles. The van der Waals surface area contributed by atoms with Crippen molar-refractivity contribution in [2.75, 3.05) is 33.4 Å². The number of esters is 1. The molecular weight excluding hydrogens is 430 g/mol. The number of furan rings is 1. The van der Waals surface area contributed by atoms with Crippen LogP contribution in [0.25, 0.3) is 0 Å². The third kappa shape index (κ3) is 5.95. The lowest BCUT2D eigenvalue weighted by molar-refractivity contribution is -0.176. The third-order valence-corrected chi connectivity index (χ3v) is 6.07. The van der Waals surface area contributed by atoms with Gasteiger partial charge in [0.25, 0.3) is 0 Å². The second-order valence-electron chi connectivity index (χ2n) is 8.70. The maximum atomic E-state index is 13.7. The van der Waals surface area contributed by atoms with Gasteiger partial charge in [-0.05, 0) is 44.0 Å². The summed E-state index contributed by atoms with van der Waals surface area (Å²) < 4.78 is 23.9. The summed E-state index contributed by atoms with van der Waals surface area (Å²) in [5, 5.41) is 0. The lowest BCUT2D eigenvalue weighted by atomic mass is 9.90. The molecule has 34 heavy (non-hydrogen) atoms. The van der Waals surface area contributed by atoms with Crippen LogP contribution in [0.1, 0.15) is 36.1 Å². The van der Waals surface area contributed by atoms with E-state index in [4.69, 9.17) is 18.6 Å². The molecule has 0 aliphatic carbocycles. The molecule has 180 valence electrons. The van der Waals surface area contributed by atoms with Gasteiger partial charge in [0.1, 0.15) is 6.10 Å². The van der Waals surface area contributed by atoms with E-state index >= 15 is 0 Å². The minimum atomic E-state index is -1.45. The van der Waals surface area contributed by atoms with Gasteiger partial charge in [-0.25, -0.2) is 4.79 Å². The Labute approximate surface area is 201 Å². The molecule has 0 radical (unpaired) electrons. The number of hydrogen-bond donors (Lipinski definition) is 0. The molecule has 3 aromatic rings. The van der Waals surface area contributed by atoms with Gasteiger partial charge in [0, 0.05) is 31.9 Å². The normalized spacial score (nSPS) is 18.0. The zero-order chi connectivity index (χ0) is 23.6. The van der Waals surface area contributed by atoms with Crippen LogP contribution in [0.4, 0.5) is 0 Å². The van der Waals surface area contributed by atoms with Gasteiger partial charge in [0.15, 0.2) is 5.76 Å². The van der Waals surface area contributed by atoms with Crippen LogP contribution in [0.3, 0.4) is 0 Å². The molecule has 1 fully saturated rings. The number of rotatable bonds is 12. The summed E-state index contributed by atoms with van der Waals surface area (Å²) in [5.74, 6) is -0.00958. The van der Waals surface area contributed by atoms with Crippen LogP contribution in [0.5, 0.6) is 0 Å². The van der Waals surface area contributed by atoms with Crippen LogP contribution in [0.15, 0.2) is 83.5 Å². The van der Waals surface area contributed by atoms with Gasteiger partial charge in [-0.3, -0.25) is 0 Å². The van der Waals surface area contributed by atoms with E-state index in [1.165, 1.54) is 0 Å². The van der Waals surface area contributed by atoms with Crippen molar-refractivity contribution in [3.05, 3.63) is 95.9 Å². The molecule has 1 aliphatic heterocycles. The smallest absolute Gasteiger partial charge is 0.351 e. The van der Waals surface area contributed by atoms with Crippen molar-refractivity contribution >= 4 is 5.97 Å². The number of carbonyl (C=O) groups is 1. The van der Waals surface area contributed by atoms with Crippen molar-refractivity contribution in [2.24, 2.45) is 0 Å². The minimum absolute atomic E-state index is 0.162. The molecule has 0 spiro atoms. The largest absolute Gasteiger partial charge is 0.465 e. The summed E-state index contributed by atoms with van der Waals surface area (Å²) in [7, 11) is 2.03. The number of likely N-dealkylation sites (N-methyl/N-ethyl adjacent to an activating group) is 1. The zero-order valence-corrected chi connectivity index (χ0v) is 19.7. The van der Waals surface area contributed by atoms with Crippen molar-refractivity contribution in [2.45, 2.75) is 37.6 Å². The lowest BCUT2D eigenvalue weighted by Crippen LogP contribution is -2.43.